The van der Waals surface area contributed by atoms with Crippen molar-refractivity contribution in [1.29, 1.82) is 0 Å². The molecule has 0 saturated carbocycles. The summed E-state index contributed by atoms with van der Waals surface area (Å²) in [6, 6.07) is 12.4. The topological polar surface area (TPSA) is 192 Å². The Morgan fingerprint density at radius 2 is 1.58 bits per heavy atom. The molecule has 0 atom stereocenters. The summed E-state index contributed by atoms with van der Waals surface area (Å²) in [6.45, 7) is 1.84. The van der Waals surface area contributed by atoms with Crippen molar-refractivity contribution in [2.75, 3.05) is 0 Å². The summed E-state index contributed by atoms with van der Waals surface area (Å²) >= 11 is 0.486. The van der Waals surface area contributed by atoms with Gasteiger partial charge in [0.15, 0.2) is 5.75 Å². The average molecular weight is 553 g/mol. The van der Waals surface area contributed by atoms with Gasteiger partial charge in [0.2, 0.25) is 0 Å². The average Bonchev–Trinajstić information content (AvgIpc) is 2.79. The predicted octanol–water partition coefficient (Wildman–Crippen LogP) is 5.34. The molecule has 0 bridgehead atoms. The van der Waals surface area contributed by atoms with Crippen LogP contribution in [0.2, 0.25) is 0 Å². The summed E-state index contributed by atoms with van der Waals surface area (Å²) in [5.74, 6) is -0.344. The quantitative estimate of drug-likeness (QED) is 0.0759. The van der Waals surface area contributed by atoms with Gasteiger partial charge in [-0.05, 0) is 30.5 Å². The van der Waals surface area contributed by atoms with Gasteiger partial charge in [-0.3, -0.25) is 9.11 Å². The van der Waals surface area contributed by atoms with Crippen LogP contribution in [0.15, 0.2) is 79.5 Å². The molecule has 0 unspecified atom stereocenters. The molecule has 0 spiro atoms. The van der Waals surface area contributed by atoms with Crippen molar-refractivity contribution in [2.45, 2.75) is 21.6 Å². The molecule has 0 saturated heterocycles. The van der Waals surface area contributed by atoms with Crippen molar-refractivity contribution in [3.63, 3.8) is 0 Å². The fourth-order valence-electron chi connectivity index (χ4n) is 3.65. The fraction of sp³-hybridized carbons (Fsp3) is 0.0476. The molecular formula is C21H16N2O10S3. The zero-order valence-corrected chi connectivity index (χ0v) is 20.5. The number of rotatable bonds is 7. The van der Waals surface area contributed by atoms with Crippen molar-refractivity contribution >= 4 is 65.2 Å². The smallest absolute Gasteiger partial charge is 0.297 e. The molecule has 188 valence electrons. The van der Waals surface area contributed by atoms with Crippen LogP contribution in [0.4, 0.5) is 11.4 Å². The van der Waals surface area contributed by atoms with Crippen molar-refractivity contribution in [2.24, 2.45) is 10.2 Å². The molecule has 15 heteroatoms. The SMILES string of the molecule is Cc1ccc2c(O)c(N=Nc3ccc4c(S(=O)(=O)O)cccc4c3S(=O)(=O)O)c(SOOO)cc2c1. The normalized spacial score (nSPS) is 12.7. The van der Waals surface area contributed by atoms with Crippen LogP contribution < -0.4 is 0 Å². The molecule has 0 aromatic heterocycles. The molecular weight excluding hydrogens is 536 g/mol. The number of azo groups is 1. The number of hydrogen-bond acceptors (Lipinski definition) is 11. The molecule has 4 aromatic rings. The van der Waals surface area contributed by atoms with Gasteiger partial charge in [0.05, 0.1) is 16.9 Å². The van der Waals surface area contributed by atoms with Crippen LogP contribution in [0.25, 0.3) is 21.5 Å². The van der Waals surface area contributed by atoms with Crippen molar-refractivity contribution < 1.29 is 45.7 Å². The van der Waals surface area contributed by atoms with E-state index < -0.39 is 35.7 Å². The number of nitrogens with zero attached hydrogens (tertiary/aromatic N) is 2. The third-order valence-electron chi connectivity index (χ3n) is 5.11. The Balaban J connectivity index is 1.96. The maximum absolute atomic E-state index is 12.2. The number of benzene rings is 4. The van der Waals surface area contributed by atoms with Crippen molar-refractivity contribution in [3.8, 4) is 5.75 Å². The van der Waals surface area contributed by atoms with Gasteiger partial charge in [-0.1, -0.05) is 47.0 Å². The van der Waals surface area contributed by atoms with Gasteiger partial charge in [0, 0.05) is 16.2 Å². The number of phenolic OH excluding ortho intramolecular Hbond substituents is 1. The number of hydrogen-bond donors (Lipinski definition) is 4. The Kier molecular flexibility index (Phi) is 7.00. The minimum absolute atomic E-state index is 0.131. The highest BCUT2D eigenvalue weighted by atomic mass is 32.2. The van der Waals surface area contributed by atoms with Crippen LogP contribution >= 0.6 is 12.0 Å². The summed E-state index contributed by atoms with van der Waals surface area (Å²) in [7, 11) is -9.69. The van der Waals surface area contributed by atoms with E-state index in [1.807, 2.05) is 6.92 Å². The molecule has 0 radical (unpaired) electrons. The Labute approximate surface area is 208 Å². The number of fused-ring (bicyclic) bond motifs is 2. The second kappa shape index (κ2) is 9.72. The van der Waals surface area contributed by atoms with E-state index >= 15 is 0 Å². The summed E-state index contributed by atoms with van der Waals surface area (Å²) in [4.78, 5) is -1.21. The van der Waals surface area contributed by atoms with Crippen molar-refractivity contribution in [1.82, 2.24) is 0 Å². The number of aromatic hydroxyl groups is 1. The lowest BCUT2D eigenvalue weighted by Gasteiger charge is -2.11. The van der Waals surface area contributed by atoms with Gasteiger partial charge >= 0.3 is 0 Å². The molecule has 0 fully saturated rings. The molecule has 0 aliphatic heterocycles. The molecule has 4 aromatic carbocycles. The second-order valence-electron chi connectivity index (χ2n) is 7.44. The second-order valence-corrected chi connectivity index (χ2v) is 10.9. The minimum atomic E-state index is -4.98. The van der Waals surface area contributed by atoms with E-state index in [2.05, 4.69) is 19.6 Å². The molecule has 4 N–H and O–H groups in total. The minimum Gasteiger partial charge on any atom is -0.505 e. The Hall–Kier alpha value is -3.15. The number of aryl methyl sites for hydroxylation is 1. The standard InChI is InChI=1S/C21H16N2O10S3/c1-11-5-6-13-12(9-11)10-17(34-33-32-25)19(20(13)24)23-22-16-8-7-14-15(21(16)36(29,30)31)3-2-4-18(14)35(26,27)28/h2-10,24-25H,1H3,(H,26,27,28)(H,29,30,31). The molecule has 4 rings (SSSR count). The zero-order chi connectivity index (χ0) is 26.3. The largest absolute Gasteiger partial charge is 0.505 e. The maximum atomic E-state index is 12.2. The van der Waals surface area contributed by atoms with Gasteiger partial charge in [-0.25, -0.2) is 5.26 Å². The van der Waals surface area contributed by atoms with E-state index in [4.69, 9.17) is 5.26 Å². The molecule has 0 aliphatic rings. The predicted molar refractivity (Wildman–Crippen MR) is 129 cm³/mol. The zero-order valence-electron chi connectivity index (χ0n) is 18.1. The van der Waals surface area contributed by atoms with E-state index in [1.165, 1.54) is 18.2 Å². The third-order valence-corrected chi connectivity index (χ3v) is 7.58. The first-order valence-corrected chi connectivity index (χ1v) is 13.4. The lowest BCUT2D eigenvalue weighted by molar-refractivity contribution is -0.432. The first-order chi connectivity index (χ1) is 16.9. The highest BCUT2D eigenvalue weighted by Crippen LogP contribution is 2.45. The molecule has 12 nitrogen and oxygen atoms in total. The van der Waals surface area contributed by atoms with E-state index in [9.17, 15) is 31.0 Å². The van der Waals surface area contributed by atoms with E-state index in [0.717, 1.165) is 17.7 Å². The maximum Gasteiger partial charge on any atom is 0.297 e. The molecule has 0 amide bonds. The first-order valence-electron chi connectivity index (χ1n) is 9.75. The summed E-state index contributed by atoms with van der Waals surface area (Å²) < 4.78 is 71.8. The molecule has 36 heavy (non-hydrogen) atoms. The summed E-state index contributed by atoms with van der Waals surface area (Å²) in [6.07, 6.45) is 0. The number of phenols is 1. The highest BCUT2D eigenvalue weighted by molar-refractivity contribution is 7.94. The van der Waals surface area contributed by atoms with Crippen LogP contribution in [0.3, 0.4) is 0 Å². The third kappa shape index (κ3) is 5.04. The van der Waals surface area contributed by atoms with Crippen molar-refractivity contribution in [3.05, 3.63) is 60.2 Å². The fourth-order valence-corrected chi connectivity index (χ4v) is 5.68. The Morgan fingerprint density at radius 3 is 2.25 bits per heavy atom. The summed E-state index contributed by atoms with van der Waals surface area (Å²) in [5.41, 5.74) is 0.322. The first kappa shape index (κ1) is 25.9. The van der Waals surface area contributed by atoms with Gasteiger partial charge in [0.25, 0.3) is 20.2 Å². The van der Waals surface area contributed by atoms with E-state index in [1.54, 1.807) is 24.3 Å². The summed E-state index contributed by atoms with van der Waals surface area (Å²) in [5, 5.41) is 31.4. The highest BCUT2D eigenvalue weighted by Gasteiger charge is 2.24. The van der Waals surface area contributed by atoms with E-state index in [-0.39, 0.29) is 27.1 Å². The van der Waals surface area contributed by atoms with Gasteiger partial charge in [-0.2, -0.15) is 16.8 Å². The van der Waals surface area contributed by atoms with Gasteiger partial charge in [-0.15, -0.1) is 14.6 Å². The lowest BCUT2D eigenvalue weighted by Crippen LogP contribution is -2.03. The molecule has 0 aliphatic carbocycles. The molecule has 0 heterocycles. The van der Waals surface area contributed by atoms with Crippen LogP contribution in [0, 0.1) is 6.92 Å². The van der Waals surface area contributed by atoms with Gasteiger partial charge < -0.3 is 5.11 Å². The monoisotopic (exact) mass is 552 g/mol. The Bertz CT molecular complexity index is 1750. The van der Waals surface area contributed by atoms with Crippen LogP contribution in [-0.2, 0) is 29.6 Å². The van der Waals surface area contributed by atoms with Crippen LogP contribution in [-0.4, -0.2) is 36.3 Å². The van der Waals surface area contributed by atoms with Gasteiger partial charge in [0.1, 0.15) is 21.2 Å². The van der Waals surface area contributed by atoms with Crippen LogP contribution in [0.5, 0.6) is 5.75 Å². The Morgan fingerprint density at radius 1 is 0.861 bits per heavy atom. The lowest BCUT2D eigenvalue weighted by atomic mass is 10.1. The van der Waals surface area contributed by atoms with Crippen LogP contribution in [0.1, 0.15) is 5.56 Å². The van der Waals surface area contributed by atoms with E-state index in [0.29, 0.717) is 22.8 Å².